The van der Waals surface area contributed by atoms with E-state index in [0.717, 1.165) is 25.9 Å². The van der Waals surface area contributed by atoms with E-state index in [1.807, 2.05) is 23.1 Å². The van der Waals surface area contributed by atoms with Crippen molar-refractivity contribution in [2.24, 2.45) is 0 Å². The molecule has 0 aromatic heterocycles. The van der Waals surface area contributed by atoms with Crippen molar-refractivity contribution in [3.63, 3.8) is 0 Å². The molecule has 22 heavy (non-hydrogen) atoms. The highest BCUT2D eigenvalue weighted by atomic mass is 19.4. The fourth-order valence-electron chi connectivity index (χ4n) is 3.60. The maximum Gasteiger partial charge on any atom is 0.390 e. The first-order valence-corrected chi connectivity index (χ1v) is 7.94. The molecule has 2 saturated heterocycles. The molecule has 2 nitrogen and oxygen atoms in total. The van der Waals surface area contributed by atoms with Gasteiger partial charge in [-0.05, 0) is 24.8 Å². The third-order valence-corrected chi connectivity index (χ3v) is 4.96. The van der Waals surface area contributed by atoms with Crippen LogP contribution in [0.2, 0.25) is 0 Å². The van der Waals surface area contributed by atoms with E-state index in [1.54, 1.807) is 0 Å². The van der Waals surface area contributed by atoms with Crippen LogP contribution in [0.1, 0.15) is 37.2 Å². The average Bonchev–Trinajstić information content (AvgIpc) is 2.91. The summed E-state index contributed by atoms with van der Waals surface area (Å²) in [6, 6.07) is 10.4. The van der Waals surface area contributed by atoms with Crippen LogP contribution >= 0.6 is 0 Å². The third kappa shape index (κ3) is 3.82. The van der Waals surface area contributed by atoms with Gasteiger partial charge in [0.1, 0.15) is 0 Å². The average molecular weight is 313 g/mol. The number of benzene rings is 1. The van der Waals surface area contributed by atoms with Gasteiger partial charge in [0, 0.05) is 25.6 Å². The first kappa shape index (κ1) is 15.8. The highest BCUT2D eigenvalue weighted by Crippen LogP contribution is 2.42. The number of piperidine rings is 1. The predicted molar refractivity (Wildman–Crippen MR) is 78.8 cm³/mol. The quantitative estimate of drug-likeness (QED) is 0.837. The minimum atomic E-state index is -4.06. The summed E-state index contributed by atoms with van der Waals surface area (Å²) in [5.74, 6) is 0.419. The topological polar surface area (TPSA) is 12.5 Å². The van der Waals surface area contributed by atoms with Crippen molar-refractivity contribution in [1.29, 1.82) is 0 Å². The lowest BCUT2D eigenvalue weighted by atomic mass is 9.83. The van der Waals surface area contributed by atoms with Gasteiger partial charge >= 0.3 is 6.18 Å². The van der Waals surface area contributed by atoms with E-state index in [1.165, 1.54) is 5.56 Å². The zero-order valence-corrected chi connectivity index (χ0v) is 12.6. The molecule has 1 atom stereocenters. The molecule has 0 radical (unpaired) electrons. The Labute approximate surface area is 129 Å². The van der Waals surface area contributed by atoms with Crippen molar-refractivity contribution in [3.05, 3.63) is 35.9 Å². The second kappa shape index (κ2) is 6.20. The Bertz CT molecular complexity index is 480. The molecule has 5 heteroatoms. The minimum absolute atomic E-state index is 0.113. The van der Waals surface area contributed by atoms with Gasteiger partial charge in [-0.3, -0.25) is 0 Å². The summed E-state index contributed by atoms with van der Waals surface area (Å²) in [7, 11) is 0. The van der Waals surface area contributed by atoms with E-state index in [0.29, 0.717) is 19.0 Å². The van der Waals surface area contributed by atoms with Crippen molar-refractivity contribution < 1.29 is 17.9 Å². The smallest absolute Gasteiger partial charge is 0.374 e. The van der Waals surface area contributed by atoms with Gasteiger partial charge in [0.15, 0.2) is 0 Å². The van der Waals surface area contributed by atoms with Crippen LogP contribution in [0, 0.1) is 0 Å². The molecule has 3 rings (SSSR count). The number of ether oxygens (including phenoxy) is 1. The van der Waals surface area contributed by atoms with Gasteiger partial charge in [0.05, 0.1) is 18.6 Å². The van der Waals surface area contributed by atoms with Gasteiger partial charge in [-0.1, -0.05) is 30.3 Å². The van der Waals surface area contributed by atoms with Crippen molar-refractivity contribution in [2.75, 3.05) is 26.2 Å². The van der Waals surface area contributed by atoms with Crippen molar-refractivity contribution in [2.45, 2.75) is 43.4 Å². The van der Waals surface area contributed by atoms with Crippen LogP contribution in [0.25, 0.3) is 0 Å². The van der Waals surface area contributed by atoms with E-state index in [4.69, 9.17) is 4.74 Å². The van der Waals surface area contributed by atoms with Crippen molar-refractivity contribution in [3.8, 4) is 0 Å². The molecule has 0 saturated carbocycles. The zero-order chi connectivity index (χ0) is 15.6. The fourth-order valence-corrected chi connectivity index (χ4v) is 3.60. The Morgan fingerprint density at radius 2 is 1.82 bits per heavy atom. The zero-order valence-electron chi connectivity index (χ0n) is 12.6. The Morgan fingerprint density at radius 1 is 1.14 bits per heavy atom. The van der Waals surface area contributed by atoms with E-state index >= 15 is 0 Å². The molecule has 0 bridgehead atoms. The van der Waals surface area contributed by atoms with E-state index in [-0.39, 0.29) is 12.1 Å². The molecular formula is C17H22F3NO. The molecule has 0 N–H and O–H groups in total. The van der Waals surface area contributed by atoms with Crippen LogP contribution in [-0.4, -0.2) is 42.9 Å². The lowest BCUT2D eigenvalue weighted by molar-refractivity contribution is -0.140. The molecule has 2 heterocycles. The maximum atomic E-state index is 12.3. The van der Waals surface area contributed by atoms with E-state index in [9.17, 15) is 13.2 Å². The standard InChI is InChI=1S/C17H22F3NO/c18-17(19,20)8-11-21-9-6-16(7-10-21)12-15(13-22-16)14-4-2-1-3-5-14/h1-5,15H,6-13H2. The predicted octanol–water partition coefficient (Wildman–Crippen LogP) is 3.98. The summed E-state index contributed by atoms with van der Waals surface area (Å²) >= 11 is 0. The molecule has 122 valence electrons. The number of rotatable bonds is 3. The second-order valence-electron chi connectivity index (χ2n) is 6.51. The molecule has 2 fully saturated rings. The van der Waals surface area contributed by atoms with E-state index in [2.05, 4.69) is 12.1 Å². The summed E-state index contributed by atoms with van der Waals surface area (Å²) < 4.78 is 43.0. The monoisotopic (exact) mass is 313 g/mol. The summed E-state index contributed by atoms with van der Waals surface area (Å²) in [6.07, 6.45) is -2.10. The lowest BCUT2D eigenvalue weighted by Gasteiger charge is -2.38. The first-order valence-electron chi connectivity index (χ1n) is 7.94. The number of alkyl halides is 3. The van der Waals surface area contributed by atoms with Crippen LogP contribution in [0.4, 0.5) is 13.2 Å². The maximum absolute atomic E-state index is 12.3. The number of halogens is 3. The molecule has 1 aromatic rings. The Balaban J connectivity index is 1.51. The highest BCUT2D eigenvalue weighted by Gasteiger charge is 2.43. The lowest BCUT2D eigenvalue weighted by Crippen LogP contribution is -2.44. The van der Waals surface area contributed by atoms with Gasteiger partial charge < -0.3 is 9.64 Å². The number of hydrogen-bond acceptors (Lipinski definition) is 2. The molecule has 1 unspecified atom stereocenters. The molecule has 2 aliphatic rings. The summed E-state index contributed by atoms with van der Waals surface area (Å²) in [5, 5.41) is 0. The van der Waals surface area contributed by atoms with Gasteiger partial charge in [-0.2, -0.15) is 13.2 Å². The van der Waals surface area contributed by atoms with Crippen LogP contribution in [0.3, 0.4) is 0 Å². The van der Waals surface area contributed by atoms with Crippen LogP contribution in [-0.2, 0) is 4.74 Å². The Morgan fingerprint density at radius 3 is 2.45 bits per heavy atom. The van der Waals surface area contributed by atoms with Gasteiger partial charge in [0.25, 0.3) is 0 Å². The molecule has 1 spiro atoms. The SMILES string of the molecule is FC(F)(F)CCN1CCC2(CC1)CC(c1ccccc1)CO2. The second-order valence-corrected chi connectivity index (χ2v) is 6.51. The first-order chi connectivity index (χ1) is 10.5. The number of nitrogens with zero attached hydrogens (tertiary/aromatic N) is 1. The molecular weight excluding hydrogens is 291 g/mol. The minimum Gasteiger partial charge on any atom is -0.374 e. The number of likely N-dealkylation sites (tertiary alicyclic amines) is 1. The van der Waals surface area contributed by atoms with Gasteiger partial charge in [-0.15, -0.1) is 0 Å². The summed E-state index contributed by atoms with van der Waals surface area (Å²) in [4.78, 5) is 1.91. The molecule has 2 aliphatic heterocycles. The Hall–Kier alpha value is -1.07. The van der Waals surface area contributed by atoms with Gasteiger partial charge in [-0.25, -0.2) is 0 Å². The Kier molecular flexibility index (Phi) is 4.46. The third-order valence-electron chi connectivity index (χ3n) is 4.96. The van der Waals surface area contributed by atoms with Crippen molar-refractivity contribution in [1.82, 2.24) is 4.90 Å². The van der Waals surface area contributed by atoms with E-state index < -0.39 is 12.6 Å². The van der Waals surface area contributed by atoms with Crippen LogP contribution in [0.5, 0.6) is 0 Å². The number of hydrogen-bond donors (Lipinski definition) is 0. The summed E-state index contributed by atoms with van der Waals surface area (Å²) in [6.45, 7) is 2.25. The summed E-state index contributed by atoms with van der Waals surface area (Å²) in [5.41, 5.74) is 1.19. The molecule has 0 amide bonds. The fraction of sp³-hybridized carbons (Fsp3) is 0.647. The normalized spacial score (nSPS) is 25.7. The van der Waals surface area contributed by atoms with Crippen LogP contribution < -0.4 is 0 Å². The highest BCUT2D eigenvalue weighted by molar-refractivity contribution is 5.21. The van der Waals surface area contributed by atoms with Crippen molar-refractivity contribution >= 4 is 0 Å². The molecule has 1 aromatic carbocycles. The van der Waals surface area contributed by atoms with Crippen LogP contribution in [0.15, 0.2) is 30.3 Å². The molecule has 0 aliphatic carbocycles. The largest absolute Gasteiger partial charge is 0.390 e. The van der Waals surface area contributed by atoms with Gasteiger partial charge in [0.2, 0.25) is 0 Å².